The van der Waals surface area contributed by atoms with Crippen molar-refractivity contribution >= 4 is 21.5 Å². The lowest BCUT2D eigenvalue weighted by Gasteiger charge is -2.14. The Hall–Kier alpha value is -15.9. The van der Waals surface area contributed by atoms with Gasteiger partial charge in [0.2, 0.25) is 0 Å². The summed E-state index contributed by atoms with van der Waals surface area (Å²) in [5.74, 6) is 2.53. The first-order chi connectivity index (χ1) is 57.5. The fourth-order valence-electron chi connectivity index (χ4n) is 14.8. The minimum absolute atomic E-state index is 0.629. The fourth-order valence-corrected chi connectivity index (χ4v) is 14.8. The summed E-state index contributed by atoms with van der Waals surface area (Å²) in [6.07, 6.45) is 14.3. The zero-order chi connectivity index (χ0) is 77.4. The first-order valence-electron chi connectivity index (χ1n) is 38.3. The third-order valence-electron chi connectivity index (χ3n) is 20.8. The first kappa shape index (κ1) is 70.5. The summed E-state index contributed by atoms with van der Waals surface area (Å²) in [5.41, 5.74) is 27.5. The predicted molar refractivity (Wildman–Crippen MR) is 468 cm³/mol. The van der Waals surface area contributed by atoms with Crippen LogP contribution in [0.1, 0.15) is 0 Å². The molecule has 0 amide bonds. The molecule has 0 aliphatic rings. The number of hydrogen-bond acceptors (Lipinski definition) is 12. The van der Waals surface area contributed by atoms with E-state index in [0.29, 0.717) is 23.3 Å². The number of benzene rings is 12. The maximum atomic E-state index is 5.23. The van der Waals surface area contributed by atoms with Gasteiger partial charge in [-0.15, -0.1) is 0 Å². The van der Waals surface area contributed by atoms with Crippen LogP contribution in [0.3, 0.4) is 0 Å². The predicted octanol–water partition coefficient (Wildman–Crippen LogP) is 25.1. The van der Waals surface area contributed by atoms with Crippen molar-refractivity contribution in [2.45, 2.75) is 0 Å². The van der Waals surface area contributed by atoms with E-state index >= 15 is 0 Å². The minimum Gasteiger partial charge on any atom is -0.265 e. The van der Waals surface area contributed by atoms with Gasteiger partial charge in [-0.1, -0.05) is 291 Å². The second kappa shape index (κ2) is 32.2. The molecule has 8 heterocycles. The van der Waals surface area contributed by atoms with Crippen LogP contribution < -0.4 is 0 Å². The topological polar surface area (TPSA) is 155 Å². The number of aromatic nitrogens is 12. The van der Waals surface area contributed by atoms with Gasteiger partial charge in [-0.3, -0.25) is 19.9 Å². The van der Waals surface area contributed by atoms with Gasteiger partial charge in [-0.05, 0) is 139 Å². The van der Waals surface area contributed by atoms with E-state index in [-0.39, 0.29) is 0 Å². The Kier molecular flexibility index (Phi) is 19.6. The largest absolute Gasteiger partial charge is 0.265 e. The highest BCUT2D eigenvalue weighted by molar-refractivity contribution is 6.05. The lowest BCUT2D eigenvalue weighted by atomic mass is 9.95. The summed E-state index contributed by atoms with van der Waals surface area (Å²) in [5, 5.41) is 4.12. The van der Waals surface area contributed by atoms with E-state index < -0.39 is 0 Å². The Morgan fingerprint density at radius 1 is 0.121 bits per heavy atom. The molecule has 116 heavy (non-hydrogen) atoms. The third-order valence-corrected chi connectivity index (χ3v) is 20.8. The van der Waals surface area contributed by atoms with Crippen LogP contribution in [-0.4, -0.2) is 59.8 Å². The molecule has 20 aromatic rings. The lowest BCUT2D eigenvalue weighted by Crippen LogP contribution is -1.98. The minimum atomic E-state index is 0.629. The van der Waals surface area contributed by atoms with E-state index in [1.54, 1.807) is 49.6 Å². The standard InChI is InChI=1S/2C52H34N6/c1-3-9-35(10-4-1)37-17-21-39(22-18-37)47-33-49(57-51(55-47)41-25-29-53-30-26-41)45-15-7-14-44-43(45)13-8-16-46(44)50-34-48(56-52(58-50)42-27-31-54-32-28-42)40-23-19-38(20-24-40)36-11-5-2-6-12-36;1-3-9-35(10-4-1)37-17-21-39(22-18-37)47-33-49(41-25-29-53-30-26-41)57-51(55-47)45-15-7-14-44-43(45)13-8-16-46(44)52-56-48(34-50(58-52)42-27-31-54-32-28-42)40-23-19-38(20-24-40)36-11-5-2-6-12-36/h2*1-34H. The van der Waals surface area contributed by atoms with Crippen LogP contribution in [0, 0.1) is 0 Å². The van der Waals surface area contributed by atoms with Crippen molar-refractivity contribution in [2.24, 2.45) is 0 Å². The van der Waals surface area contributed by atoms with Crippen LogP contribution in [0.5, 0.6) is 0 Å². The zero-order valence-electron chi connectivity index (χ0n) is 62.6. The Balaban J connectivity index is 0.000000155. The van der Waals surface area contributed by atoms with Crippen molar-refractivity contribution in [1.29, 1.82) is 0 Å². The maximum absolute atomic E-state index is 5.23. The number of pyridine rings is 4. The fraction of sp³-hybridized carbons (Fsp3) is 0. The van der Waals surface area contributed by atoms with Gasteiger partial charge in [0, 0.05) is 116 Å². The molecule has 0 aliphatic heterocycles. The highest BCUT2D eigenvalue weighted by atomic mass is 14.9. The lowest BCUT2D eigenvalue weighted by molar-refractivity contribution is 1.18. The molecule has 0 aliphatic carbocycles. The van der Waals surface area contributed by atoms with Crippen LogP contribution in [0.4, 0.5) is 0 Å². The molecule has 0 N–H and O–H groups in total. The highest BCUT2D eigenvalue weighted by Crippen LogP contribution is 2.41. The number of rotatable bonds is 16. The molecule has 8 aromatic heterocycles. The first-order valence-corrected chi connectivity index (χ1v) is 38.3. The molecule has 0 radical (unpaired) electrons. The van der Waals surface area contributed by atoms with Crippen LogP contribution in [0.15, 0.2) is 414 Å². The van der Waals surface area contributed by atoms with Gasteiger partial charge in [0.05, 0.1) is 45.6 Å². The highest BCUT2D eigenvalue weighted by Gasteiger charge is 2.21. The normalized spacial score (nSPS) is 11.1. The number of fused-ring (bicyclic) bond motifs is 2. The molecule has 20 rings (SSSR count). The summed E-state index contributed by atoms with van der Waals surface area (Å²) in [4.78, 5) is 58.4. The van der Waals surface area contributed by atoms with Gasteiger partial charge in [0.15, 0.2) is 23.3 Å². The molecule has 0 spiro atoms. The van der Waals surface area contributed by atoms with Crippen LogP contribution >= 0.6 is 0 Å². The maximum Gasteiger partial charge on any atom is 0.161 e. The van der Waals surface area contributed by atoms with Crippen molar-refractivity contribution in [3.8, 4) is 180 Å². The molecule has 0 atom stereocenters. The Morgan fingerprint density at radius 3 is 0.578 bits per heavy atom. The second-order valence-electron chi connectivity index (χ2n) is 28.0. The van der Waals surface area contributed by atoms with Crippen molar-refractivity contribution in [3.05, 3.63) is 414 Å². The average molecular weight is 1490 g/mol. The third kappa shape index (κ3) is 15.0. The van der Waals surface area contributed by atoms with Gasteiger partial charge in [-0.2, -0.15) is 0 Å². The number of hydrogen-bond donors (Lipinski definition) is 0. The molecule has 544 valence electrons. The van der Waals surface area contributed by atoms with E-state index in [0.717, 1.165) is 156 Å². The molecule has 0 saturated heterocycles. The Bertz CT molecular complexity index is 6020. The molecule has 0 bridgehead atoms. The average Bonchev–Trinajstić information content (AvgIpc) is 0.762. The monoisotopic (exact) mass is 1480 g/mol. The van der Waals surface area contributed by atoms with Crippen molar-refractivity contribution < 1.29 is 0 Å². The van der Waals surface area contributed by atoms with E-state index in [1.807, 2.05) is 72.8 Å². The van der Waals surface area contributed by atoms with Crippen LogP contribution in [0.25, 0.3) is 202 Å². The van der Waals surface area contributed by atoms with Crippen molar-refractivity contribution in [2.75, 3.05) is 0 Å². The summed E-state index contributed by atoms with van der Waals surface area (Å²) < 4.78 is 0. The zero-order valence-corrected chi connectivity index (χ0v) is 62.6. The SMILES string of the molecule is c1ccc(-c2ccc(-c3cc(-c4cccc5c(-c6cc(-c7ccc(-c8ccccc8)cc7)nc(-c7ccncc7)n6)cccc45)nc(-c4ccncc4)n3)cc2)cc1.c1ccc(-c2ccc(-c3cc(-c4ccncc4)nc(-c4cccc5c(-c6nc(-c7ccncc7)cc(-c7ccc(-c8ccccc8)cc7)n6)cccc45)n3)cc2)cc1. The smallest absolute Gasteiger partial charge is 0.161 e. The molecule has 0 unspecified atom stereocenters. The molecule has 0 saturated carbocycles. The molecule has 12 aromatic carbocycles. The van der Waals surface area contributed by atoms with Crippen molar-refractivity contribution in [3.63, 3.8) is 0 Å². The van der Waals surface area contributed by atoms with Gasteiger partial charge >= 0.3 is 0 Å². The van der Waals surface area contributed by atoms with Gasteiger partial charge < -0.3 is 0 Å². The summed E-state index contributed by atoms with van der Waals surface area (Å²) >= 11 is 0. The van der Waals surface area contributed by atoms with Crippen molar-refractivity contribution in [1.82, 2.24) is 59.8 Å². The molecule has 12 nitrogen and oxygen atoms in total. The van der Waals surface area contributed by atoms with Gasteiger partial charge in [-0.25, -0.2) is 39.9 Å². The molecule has 12 heteroatoms. The van der Waals surface area contributed by atoms with E-state index in [4.69, 9.17) is 39.9 Å². The number of nitrogens with zero attached hydrogens (tertiary/aromatic N) is 12. The van der Waals surface area contributed by atoms with Crippen LogP contribution in [-0.2, 0) is 0 Å². The molecular formula is C104H68N12. The Labute approximate surface area is 670 Å². The summed E-state index contributed by atoms with van der Waals surface area (Å²) in [6, 6.07) is 125. The molecular weight excluding hydrogens is 1420 g/mol. The van der Waals surface area contributed by atoms with E-state index in [1.165, 1.54) is 22.3 Å². The van der Waals surface area contributed by atoms with E-state index in [9.17, 15) is 0 Å². The van der Waals surface area contributed by atoms with E-state index in [2.05, 4.69) is 311 Å². The molecule has 0 fully saturated rings. The second-order valence-corrected chi connectivity index (χ2v) is 28.0. The van der Waals surface area contributed by atoms with Gasteiger partial charge in [0.25, 0.3) is 0 Å². The van der Waals surface area contributed by atoms with Gasteiger partial charge in [0.1, 0.15) is 0 Å². The van der Waals surface area contributed by atoms with Crippen LogP contribution in [0.2, 0.25) is 0 Å². The Morgan fingerprint density at radius 2 is 0.310 bits per heavy atom. The summed E-state index contributed by atoms with van der Waals surface area (Å²) in [6.45, 7) is 0. The summed E-state index contributed by atoms with van der Waals surface area (Å²) in [7, 11) is 0. The quantitative estimate of drug-likeness (QED) is 0.0904.